The van der Waals surface area contributed by atoms with E-state index in [1.54, 1.807) is 0 Å². The average molecular weight is 304 g/mol. The Morgan fingerprint density at radius 1 is 0.944 bits per heavy atom. The van der Waals surface area contributed by atoms with Crippen LogP contribution in [0.25, 0.3) is 0 Å². The van der Waals surface area contributed by atoms with Crippen LogP contribution in [0.3, 0.4) is 0 Å². The molecule has 1 N–H and O–H groups in total. The molecule has 2 aromatic rings. The molecule has 2 heteroatoms. The SMILES string of the molecule is CNC(c1ccccc1C)c1cc(Br)ccc1C. The molecule has 0 aliphatic heterocycles. The lowest BCUT2D eigenvalue weighted by atomic mass is 9.92. The molecule has 18 heavy (non-hydrogen) atoms. The summed E-state index contributed by atoms with van der Waals surface area (Å²) in [5.74, 6) is 0. The van der Waals surface area contributed by atoms with E-state index < -0.39 is 0 Å². The Bertz CT molecular complexity index is 549. The zero-order valence-electron chi connectivity index (χ0n) is 11.0. The minimum atomic E-state index is 0.240. The summed E-state index contributed by atoms with van der Waals surface area (Å²) >= 11 is 3.56. The summed E-state index contributed by atoms with van der Waals surface area (Å²) in [7, 11) is 2.01. The molecule has 0 radical (unpaired) electrons. The normalized spacial score (nSPS) is 12.4. The van der Waals surface area contributed by atoms with Crippen LogP contribution in [0, 0.1) is 13.8 Å². The Hall–Kier alpha value is -1.12. The first-order valence-electron chi connectivity index (χ1n) is 6.12. The number of benzene rings is 2. The summed E-state index contributed by atoms with van der Waals surface area (Å²) in [6, 6.07) is 15.2. The van der Waals surface area contributed by atoms with E-state index in [0.29, 0.717) is 0 Å². The van der Waals surface area contributed by atoms with E-state index in [4.69, 9.17) is 0 Å². The van der Waals surface area contributed by atoms with Gasteiger partial charge in [0.15, 0.2) is 0 Å². The van der Waals surface area contributed by atoms with Gasteiger partial charge in [0.05, 0.1) is 6.04 Å². The van der Waals surface area contributed by atoms with Crippen molar-refractivity contribution in [2.24, 2.45) is 0 Å². The topological polar surface area (TPSA) is 12.0 Å². The summed E-state index contributed by atoms with van der Waals surface area (Å²) in [5, 5.41) is 3.42. The summed E-state index contributed by atoms with van der Waals surface area (Å²) in [5.41, 5.74) is 5.28. The molecular weight excluding hydrogens is 286 g/mol. The van der Waals surface area contributed by atoms with Crippen LogP contribution in [-0.2, 0) is 0 Å². The molecule has 0 aliphatic rings. The predicted molar refractivity (Wildman–Crippen MR) is 81.0 cm³/mol. The van der Waals surface area contributed by atoms with Crippen molar-refractivity contribution in [1.29, 1.82) is 0 Å². The molecule has 0 saturated carbocycles. The number of rotatable bonds is 3. The minimum Gasteiger partial charge on any atom is -0.309 e. The van der Waals surface area contributed by atoms with Crippen LogP contribution in [0.5, 0.6) is 0 Å². The van der Waals surface area contributed by atoms with Crippen LogP contribution in [0.1, 0.15) is 28.3 Å². The molecule has 0 aliphatic carbocycles. The van der Waals surface area contributed by atoms with E-state index in [-0.39, 0.29) is 6.04 Å². The molecule has 0 saturated heterocycles. The van der Waals surface area contributed by atoms with Gasteiger partial charge in [-0.15, -0.1) is 0 Å². The smallest absolute Gasteiger partial charge is 0.0579 e. The van der Waals surface area contributed by atoms with Crippen molar-refractivity contribution < 1.29 is 0 Å². The predicted octanol–water partition coefficient (Wildman–Crippen LogP) is 4.37. The van der Waals surface area contributed by atoms with Gasteiger partial charge >= 0.3 is 0 Å². The second-order valence-corrected chi connectivity index (χ2v) is 5.49. The fraction of sp³-hybridized carbons (Fsp3) is 0.250. The maximum absolute atomic E-state index is 3.56. The quantitative estimate of drug-likeness (QED) is 0.887. The van der Waals surface area contributed by atoms with Crippen LogP contribution in [0.4, 0.5) is 0 Å². The first kappa shape index (κ1) is 13.3. The van der Waals surface area contributed by atoms with Crippen LogP contribution in [-0.4, -0.2) is 7.05 Å². The van der Waals surface area contributed by atoms with Gasteiger partial charge in [-0.2, -0.15) is 0 Å². The first-order valence-corrected chi connectivity index (χ1v) is 6.91. The lowest BCUT2D eigenvalue weighted by molar-refractivity contribution is 0.683. The molecule has 0 heterocycles. The first-order chi connectivity index (χ1) is 8.63. The van der Waals surface area contributed by atoms with E-state index in [0.717, 1.165) is 4.47 Å². The summed E-state index contributed by atoms with van der Waals surface area (Å²) in [6.07, 6.45) is 0. The average Bonchev–Trinajstić information content (AvgIpc) is 2.36. The van der Waals surface area contributed by atoms with Crippen LogP contribution < -0.4 is 5.32 Å². The molecule has 2 rings (SSSR count). The van der Waals surface area contributed by atoms with Crippen molar-refractivity contribution in [3.8, 4) is 0 Å². The van der Waals surface area contributed by atoms with Gasteiger partial charge < -0.3 is 5.32 Å². The zero-order chi connectivity index (χ0) is 13.1. The highest BCUT2D eigenvalue weighted by atomic mass is 79.9. The third-order valence-corrected chi connectivity index (χ3v) is 3.83. The lowest BCUT2D eigenvalue weighted by Crippen LogP contribution is -2.19. The molecule has 1 nitrogen and oxygen atoms in total. The molecular formula is C16H18BrN. The van der Waals surface area contributed by atoms with Gasteiger partial charge in [-0.25, -0.2) is 0 Å². The maximum atomic E-state index is 3.56. The fourth-order valence-electron chi connectivity index (χ4n) is 2.31. The molecule has 0 amide bonds. The minimum absolute atomic E-state index is 0.240. The van der Waals surface area contributed by atoms with Crippen molar-refractivity contribution in [3.63, 3.8) is 0 Å². The highest BCUT2D eigenvalue weighted by molar-refractivity contribution is 9.10. The van der Waals surface area contributed by atoms with Crippen molar-refractivity contribution >= 4 is 15.9 Å². The van der Waals surface area contributed by atoms with Gasteiger partial charge in [-0.3, -0.25) is 0 Å². The van der Waals surface area contributed by atoms with Crippen molar-refractivity contribution in [3.05, 3.63) is 69.2 Å². The Labute approximate surface area is 117 Å². The molecule has 0 aromatic heterocycles. The molecule has 1 unspecified atom stereocenters. The monoisotopic (exact) mass is 303 g/mol. The second-order valence-electron chi connectivity index (χ2n) is 4.58. The van der Waals surface area contributed by atoms with Crippen molar-refractivity contribution in [1.82, 2.24) is 5.32 Å². The zero-order valence-corrected chi connectivity index (χ0v) is 12.6. The number of hydrogen-bond donors (Lipinski definition) is 1. The van der Waals surface area contributed by atoms with E-state index in [1.165, 1.54) is 22.3 Å². The van der Waals surface area contributed by atoms with Crippen molar-refractivity contribution in [2.45, 2.75) is 19.9 Å². The van der Waals surface area contributed by atoms with Gasteiger partial charge in [-0.05, 0) is 55.3 Å². The number of hydrogen-bond acceptors (Lipinski definition) is 1. The van der Waals surface area contributed by atoms with Gasteiger partial charge in [0.2, 0.25) is 0 Å². The van der Waals surface area contributed by atoms with Gasteiger partial charge in [0.1, 0.15) is 0 Å². The van der Waals surface area contributed by atoms with Gasteiger partial charge in [-0.1, -0.05) is 46.3 Å². The summed E-state index contributed by atoms with van der Waals surface area (Å²) in [6.45, 7) is 4.32. The second kappa shape index (κ2) is 5.68. The van der Waals surface area contributed by atoms with E-state index in [9.17, 15) is 0 Å². The van der Waals surface area contributed by atoms with Crippen LogP contribution >= 0.6 is 15.9 Å². The Morgan fingerprint density at radius 3 is 2.28 bits per heavy atom. The molecule has 0 spiro atoms. The molecule has 0 fully saturated rings. The maximum Gasteiger partial charge on any atom is 0.0579 e. The third kappa shape index (κ3) is 2.65. The van der Waals surface area contributed by atoms with Gasteiger partial charge in [0.25, 0.3) is 0 Å². The summed E-state index contributed by atoms with van der Waals surface area (Å²) in [4.78, 5) is 0. The highest BCUT2D eigenvalue weighted by Gasteiger charge is 2.15. The lowest BCUT2D eigenvalue weighted by Gasteiger charge is -2.21. The summed E-state index contributed by atoms with van der Waals surface area (Å²) < 4.78 is 1.12. The Morgan fingerprint density at radius 2 is 1.61 bits per heavy atom. The standard InChI is InChI=1S/C16H18BrN/c1-11-6-4-5-7-14(11)16(18-3)15-10-13(17)9-8-12(15)2/h4-10,16,18H,1-3H3. The van der Waals surface area contributed by atoms with Crippen LogP contribution in [0.15, 0.2) is 46.9 Å². The van der Waals surface area contributed by atoms with E-state index >= 15 is 0 Å². The number of aryl methyl sites for hydroxylation is 2. The highest BCUT2D eigenvalue weighted by Crippen LogP contribution is 2.28. The molecule has 2 aromatic carbocycles. The number of halogens is 1. The van der Waals surface area contributed by atoms with Crippen LogP contribution in [0.2, 0.25) is 0 Å². The molecule has 0 bridgehead atoms. The Kier molecular flexibility index (Phi) is 4.20. The van der Waals surface area contributed by atoms with E-state index in [2.05, 4.69) is 77.6 Å². The third-order valence-electron chi connectivity index (χ3n) is 3.34. The van der Waals surface area contributed by atoms with E-state index in [1.807, 2.05) is 7.05 Å². The fourth-order valence-corrected chi connectivity index (χ4v) is 2.69. The molecule has 94 valence electrons. The Balaban J connectivity index is 2.52. The largest absolute Gasteiger partial charge is 0.309 e. The van der Waals surface area contributed by atoms with Crippen molar-refractivity contribution in [2.75, 3.05) is 7.05 Å². The molecule has 1 atom stereocenters. The van der Waals surface area contributed by atoms with Gasteiger partial charge in [0, 0.05) is 4.47 Å². The number of nitrogens with one attached hydrogen (secondary N) is 1.